The second kappa shape index (κ2) is 8.72. The van der Waals surface area contributed by atoms with E-state index >= 15 is 0 Å². The number of aryl methyl sites for hydroxylation is 2. The van der Waals surface area contributed by atoms with Gasteiger partial charge in [0.2, 0.25) is 15.9 Å². The molecule has 10 heteroatoms. The number of ether oxygens (including phenoxy) is 1. The van der Waals surface area contributed by atoms with Gasteiger partial charge in [0.1, 0.15) is 11.6 Å². The zero-order valence-electron chi connectivity index (χ0n) is 17.8. The van der Waals surface area contributed by atoms with Crippen molar-refractivity contribution in [2.24, 2.45) is 0 Å². The third-order valence-corrected chi connectivity index (χ3v) is 7.15. The minimum Gasteiger partial charge on any atom is -0.494 e. The SMILES string of the molecule is CCOc1ccc(S(=O)(=O)N2CCC[C@@H](c3nnc(-c4cnc(C)nc4)o3)C2)cc1C. The van der Waals surface area contributed by atoms with Gasteiger partial charge in [-0.3, -0.25) is 0 Å². The predicted molar refractivity (Wildman–Crippen MR) is 113 cm³/mol. The molecule has 3 heterocycles. The summed E-state index contributed by atoms with van der Waals surface area (Å²) in [6, 6.07) is 4.96. The van der Waals surface area contributed by atoms with Gasteiger partial charge in [0.15, 0.2) is 0 Å². The second-order valence-electron chi connectivity index (χ2n) is 7.53. The number of hydrogen-bond acceptors (Lipinski definition) is 8. The highest BCUT2D eigenvalue weighted by molar-refractivity contribution is 7.89. The van der Waals surface area contributed by atoms with E-state index < -0.39 is 10.0 Å². The van der Waals surface area contributed by atoms with Gasteiger partial charge < -0.3 is 9.15 Å². The highest BCUT2D eigenvalue weighted by Gasteiger charge is 2.33. The van der Waals surface area contributed by atoms with Crippen molar-refractivity contribution in [1.29, 1.82) is 0 Å². The molecule has 31 heavy (non-hydrogen) atoms. The van der Waals surface area contributed by atoms with E-state index in [0.717, 1.165) is 12.0 Å². The fourth-order valence-corrected chi connectivity index (χ4v) is 5.24. The summed E-state index contributed by atoms with van der Waals surface area (Å²) in [6.45, 7) is 6.82. The molecule has 0 bridgehead atoms. The molecule has 3 aromatic rings. The van der Waals surface area contributed by atoms with Crippen molar-refractivity contribution in [2.75, 3.05) is 19.7 Å². The molecule has 164 valence electrons. The molecule has 0 N–H and O–H groups in total. The van der Waals surface area contributed by atoms with Crippen LogP contribution in [0.1, 0.15) is 43.0 Å². The molecule has 1 saturated heterocycles. The summed E-state index contributed by atoms with van der Waals surface area (Å²) >= 11 is 0. The Hall–Kier alpha value is -2.85. The molecule has 4 rings (SSSR count). The maximum Gasteiger partial charge on any atom is 0.250 e. The van der Waals surface area contributed by atoms with E-state index in [-0.39, 0.29) is 10.8 Å². The van der Waals surface area contributed by atoms with Crippen molar-refractivity contribution in [3.63, 3.8) is 0 Å². The topological polar surface area (TPSA) is 111 Å². The van der Waals surface area contributed by atoms with Gasteiger partial charge in [-0.2, -0.15) is 4.31 Å². The zero-order valence-corrected chi connectivity index (χ0v) is 18.6. The number of rotatable bonds is 6. The molecule has 0 saturated carbocycles. The fraction of sp³-hybridized carbons (Fsp3) is 0.429. The molecule has 1 fully saturated rings. The van der Waals surface area contributed by atoms with Gasteiger partial charge >= 0.3 is 0 Å². The molecule has 2 aromatic heterocycles. The molecular weight excluding hydrogens is 418 g/mol. The van der Waals surface area contributed by atoms with E-state index in [1.165, 1.54) is 4.31 Å². The molecule has 9 nitrogen and oxygen atoms in total. The van der Waals surface area contributed by atoms with Crippen LogP contribution in [0.4, 0.5) is 0 Å². The van der Waals surface area contributed by atoms with Gasteiger partial charge in [-0.1, -0.05) is 0 Å². The Labute approximate surface area is 181 Å². The van der Waals surface area contributed by atoms with Gasteiger partial charge in [0, 0.05) is 25.5 Å². The van der Waals surface area contributed by atoms with Gasteiger partial charge in [0.05, 0.1) is 23.0 Å². The van der Waals surface area contributed by atoms with Gasteiger partial charge in [-0.05, 0) is 57.4 Å². The van der Waals surface area contributed by atoms with Crippen LogP contribution < -0.4 is 4.74 Å². The van der Waals surface area contributed by atoms with Crippen LogP contribution in [0.5, 0.6) is 5.75 Å². The van der Waals surface area contributed by atoms with E-state index in [1.807, 2.05) is 13.8 Å². The minimum atomic E-state index is -3.64. The molecule has 0 aliphatic carbocycles. The van der Waals surface area contributed by atoms with Crippen molar-refractivity contribution < 1.29 is 17.6 Å². The summed E-state index contributed by atoms with van der Waals surface area (Å²) in [5.74, 6) is 1.94. The number of aromatic nitrogens is 4. The lowest BCUT2D eigenvalue weighted by Crippen LogP contribution is -2.39. The van der Waals surface area contributed by atoms with Gasteiger partial charge in [-0.15, -0.1) is 10.2 Å². The smallest absolute Gasteiger partial charge is 0.250 e. The molecule has 1 aromatic carbocycles. The summed E-state index contributed by atoms with van der Waals surface area (Å²) in [6.07, 6.45) is 4.75. The summed E-state index contributed by atoms with van der Waals surface area (Å²) in [7, 11) is -3.64. The monoisotopic (exact) mass is 443 g/mol. The standard InChI is InChI=1S/C21H25N5O4S/c1-4-29-19-8-7-18(10-14(19)2)31(27,28)26-9-5-6-16(13-26)20-24-25-21(30-20)17-11-22-15(3)23-12-17/h7-8,10-12,16H,4-6,9,13H2,1-3H3/t16-/m1/s1. The molecule has 1 atom stereocenters. The first-order valence-electron chi connectivity index (χ1n) is 10.2. The van der Waals surface area contributed by atoms with Crippen LogP contribution >= 0.6 is 0 Å². The van der Waals surface area contributed by atoms with Crippen LogP contribution in [0, 0.1) is 13.8 Å². The van der Waals surface area contributed by atoms with E-state index in [0.29, 0.717) is 55.0 Å². The molecule has 1 aliphatic heterocycles. The normalized spacial score (nSPS) is 17.6. The number of nitrogens with zero attached hydrogens (tertiary/aromatic N) is 5. The second-order valence-corrected chi connectivity index (χ2v) is 9.46. The van der Waals surface area contributed by atoms with Crippen LogP contribution in [0.25, 0.3) is 11.5 Å². The van der Waals surface area contributed by atoms with E-state index in [9.17, 15) is 8.42 Å². The Balaban J connectivity index is 1.53. The number of hydrogen-bond donors (Lipinski definition) is 0. The van der Waals surface area contributed by atoms with Gasteiger partial charge in [0.25, 0.3) is 5.89 Å². The van der Waals surface area contributed by atoms with Crippen molar-refractivity contribution in [3.8, 4) is 17.2 Å². The largest absolute Gasteiger partial charge is 0.494 e. The van der Waals surface area contributed by atoms with Crippen LogP contribution in [0.15, 0.2) is 39.9 Å². The van der Waals surface area contributed by atoms with E-state index in [4.69, 9.17) is 9.15 Å². The third kappa shape index (κ3) is 4.45. The zero-order chi connectivity index (χ0) is 22.0. The molecule has 0 unspecified atom stereocenters. The molecule has 1 aliphatic rings. The maximum atomic E-state index is 13.2. The first kappa shape index (κ1) is 21.4. The Bertz CT molecular complexity index is 1160. The Morgan fingerprint density at radius 1 is 1.19 bits per heavy atom. The van der Waals surface area contributed by atoms with Crippen molar-refractivity contribution in [2.45, 2.75) is 44.4 Å². The maximum absolute atomic E-state index is 13.2. The van der Waals surface area contributed by atoms with E-state index in [1.54, 1.807) is 37.5 Å². The minimum absolute atomic E-state index is 0.167. The Morgan fingerprint density at radius 2 is 1.97 bits per heavy atom. The van der Waals surface area contributed by atoms with Crippen LogP contribution in [-0.2, 0) is 10.0 Å². The van der Waals surface area contributed by atoms with Crippen LogP contribution in [-0.4, -0.2) is 52.6 Å². The number of piperidine rings is 1. The van der Waals surface area contributed by atoms with Crippen LogP contribution in [0.3, 0.4) is 0 Å². The highest BCUT2D eigenvalue weighted by atomic mass is 32.2. The third-order valence-electron chi connectivity index (χ3n) is 5.29. The number of sulfonamides is 1. The Morgan fingerprint density at radius 3 is 2.68 bits per heavy atom. The first-order chi connectivity index (χ1) is 14.9. The van der Waals surface area contributed by atoms with Crippen molar-refractivity contribution in [3.05, 3.63) is 47.9 Å². The van der Waals surface area contributed by atoms with Crippen molar-refractivity contribution in [1.82, 2.24) is 24.5 Å². The summed E-state index contributed by atoms with van der Waals surface area (Å²) < 4.78 is 39.3. The van der Waals surface area contributed by atoms with Crippen LogP contribution in [0.2, 0.25) is 0 Å². The molecule has 0 radical (unpaired) electrons. The molecule has 0 amide bonds. The molecule has 0 spiro atoms. The number of benzene rings is 1. The Kier molecular flexibility index (Phi) is 6.01. The first-order valence-corrected chi connectivity index (χ1v) is 11.7. The average molecular weight is 444 g/mol. The average Bonchev–Trinajstić information content (AvgIpc) is 3.26. The fourth-order valence-electron chi connectivity index (χ4n) is 3.63. The summed E-state index contributed by atoms with van der Waals surface area (Å²) in [5, 5.41) is 8.26. The lowest BCUT2D eigenvalue weighted by molar-refractivity contribution is 0.286. The molecular formula is C21H25N5O4S. The van der Waals surface area contributed by atoms with E-state index in [2.05, 4.69) is 20.2 Å². The van der Waals surface area contributed by atoms with Crippen molar-refractivity contribution >= 4 is 10.0 Å². The summed E-state index contributed by atoms with van der Waals surface area (Å²) in [4.78, 5) is 8.55. The van der Waals surface area contributed by atoms with Gasteiger partial charge in [-0.25, -0.2) is 18.4 Å². The summed E-state index contributed by atoms with van der Waals surface area (Å²) in [5.41, 5.74) is 1.42. The lowest BCUT2D eigenvalue weighted by atomic mass is 10.00. The predicted octanol–water partition coefficient (Wildman–Crippen LogP) is 3.11. The lowest BCUT2D eigenvalue weighted by Gasteiger charge is -2.30. The highest BCUT2D eigenvalue weighted by Crippen LogP contribution is 2.32. The quantitative estimate of drug-likeness (QED) is 0.571.